The summed E-state index contributed by atoms with van der Waals surface area (Å²) in [5, 5.41) is 19.0. The Kier molecular flexibility index (Phi) is 3.45. The summed E-state index contributed by atoms with van der Waals surface area (Å²) >= 11 is 11.8. The standard InChI is InChI=1S/C13H8Cl2O3/c14-11-4-2-8(16)6-9(11)7-1-3-12(15)10(5-7)13(17)18/h1-6,16H,(H,17,18). The maximum atomic E-state index is 11.0. The van der Waals surface area contributed by atoms with Crippen molar-refractivity contribution in [1.82, 2.24) is 0 Å². The molecule has 0 radical (unpaired) electrons. The van der Waals surface area contributed by atoms with Crippen LogP contribution in [0.3, 0.4) is 0 Å². The molecular formula is C13H8Cl2O3. The van der Waals surface area contributed by atoms with E-state index in [1.165, 1.54) is 24.3 Å². The molecule has 92 valence electrons. The molecule has 0 aromatic heterocycles. The highest BCUT2D eigenvalue weighted by Gasteiger charge is 2.12. The molecule has 2 aromatic rings. The first kappa shape index (κ1) is 12.7. The first-order chi connectivity index (χ1) is 8.49. The van der Waals surface area contributed by atoms with E-state index in [4.69, 9.17) is 28.3 Å². The molecule has 18 heavy (non-hydrogen) atoms. The van der Waals surface area contributed by atoms with E-state index in [0.717, 1.165) is 0 Å². The molecule has 0 aliphatic rings. The van der Waals surface area contributed by atoms with Crippen LogP contribution in [-0.2, 0) is 0 Å². The van der Waals surface area contributed by atoms with Gasteiger partial charge in [-0.05, 0) is 35.9 Å². The second-order valence-corrected chi connectivity index (χ2v) is 4.48. The van der Waals surface area contributed by atoms with Gasteiger partial charge in [-0.3, -0.25) is 0 Å². The predicted octanol–water partition coefficient (Wildman–Crippen LogP) is 4.06. The fourth-order valence-electron chi connectivity index (χ4n) is 1.59. The lowest BCUT2D eigenvalue weighted by molar-refractivity contribution is 0.0697. The van der Waals surface area contributed by atoms with Crippen molar-refractivity contribution >= 4 is 29.2 Å². The summed E-state index contributed by atoms with van der Waals surface area (Å²) in [5.41, 5.74) is 1.13. The molecule has 0 aliphatic heterocycles. The Labute approximate surface area is 113 Å². The van der Waals surface area contributed by atoms with E-state index in [9.17, 15) is 9.90 Å². The van der Waals surface area contributed by atoms with Crippen LogP contribution in [-0.4, -0.2) is 16.2 Å². The number of carboxylic acids is 1. The van der Waals surface area contributed by atoms with Gasteiger partial charge in [-0.1, -0.05) is 29.3 Å². The number of phenolic OH excluding ortho intramolecular Hbond substituents is 1. The lowest BCUT2D eigenvalue weighted by atomic mass is 10.0. The fourth-order valence-corrected chi connectivity index (χ4v) is 2.02. The van der Waals surface area contributed by atoms with Crippen molar-refractivity contribution in [3.05, 3.63) is 52.0 Å². The second kappa shape index (κ2) is 4.88. The lowest BCUT2D eigenvalue weighted by Gasteiger charge is -2.07. The largest absolute Gasteiger partial charge is 0.508 e. The third-order valence-corrected chi connectivity index (χ3v) is 3.12. The van der Waals surface area contributed by atoms with Crippen LogP contribution in [0, 0.1) is 0 Å². The Balaban J connectivity index is 2.61. The van der Waals surface area contributed by atoms with Gasteiger partial charge >= 0.3 is 5.97 Å². The number of halogens is 2. The molecule has 0 bridgehead atoms. The van der Waals surface area contributed by atoms with Crippen LogP contribution in [0.15, 0.2) is 36.4 Å². The van der Waals surface area contributed by atoms with Crippen molar-refractivity contribution in [3.8, 4) is 16.9 Å². The average Bonchev–Trinajstić information content (AvgIpc) is 2.33. The second-order valence-electron chi connectivity index (χ2n) is 3.66. The number of phenols is 1. The summed E-state index contributed by atoms with van der Waals surface area (Å²) in [4.78, 5) is 11.0. The van der Waals surface area contributed by atoms with Crippen molar-refractivity contribution in [3.63, 3.8) is 0 Å². The number of aromatic carboxylic acids is 1. The minimum absolute atomic E-state index is 0.00595. The predicted molar refractivity (Wildman–Crippen MR) is 70.5 cm³/mol. The molecule has 0 fully saturated rings. The average molecular weight is 283 g/mol. The fraction of sp³-hybridized carbons (Fsp3) is 0. The molecule has 0 unspecified atom stereocenters. The van der Waals surface area contributed by atoms with Crippen molar-refractivity contribution < 1.29 is 15.0 Å². The molecule has 3 nitrogen and oxygen atoms in total. The quantitative estimate of drug-likeness (QED) is 0.873. The maximum Gasteiger partial charge on any atom is 0.337 e. The van der Waals surface area contributed by atoms with Crippen LogP contribution in [0.5, 0.6) is 5.75 Å². The number of aromatic hydroxyl groups is 1. The van der Waals surface area contributed by atoms with Gasteiger partial charge in [-0.15, -0.1) is 0 Å². The van der Waals surface area contributed by atoms with Gasteiger partial charge in [0.1, 0.15) is 5.75 Å². The van der Waals surface area contributed by atoms with E-state index in [1.54, 1.807) is 12.1 Å². The smallest absolute Gasteiger partial charge is 0.337 e. The molecule has 2 aromatic carbocycles. The highest BCUT2D eigenvalue weighted by Crippen LogP contribution is 2.33. The molecule has 0 amide bonds. The van der Waals surface area contributed by atoms with Gasteiger partial charge in [-0.2, -0.15) is 0 Å². The normalized spacial score (nSPS) is 10.3. The van der Waals surface area contributed by atoms with Crippen LogP contribution >= 0.6 is 23.2 Å². The molecule has 0 aliphatic carbocycles. The minimum Gasteiger partial charge on any atom is -0.508 e. The number of carbonyl (C=O) groups is 1. The topological polar surface area (TPSA) is 57.5 Å². The third-order valence-electron chi connectivity index (χ3n) is 2.46. The molecular weight excluding hydrogens is 275 g/mol. The molecule has 5 heteroatoms. The van der Waals surface area contributed by atoms with Crippen LogP contribution in [0.1, 0.15) is 10.4 Å². The zero-order valence-electron chi connectivity index (χ0n) is 9.02. The van der Waals surface area contributed by atoms with Crippen LogP contribution in [0.25, 0.3) is 11.1 Å². The molecule has 0 spiro atoms. The van der Waals surface area contributed by atoms with Gasteiger partial charge in [0.15, 0.2) is 0 Å². The summed E-state index contributed by atoms with van der Waals surface area (Å²) in [6.45, 7) is 0. The number of rotatable bonds is 2. The van der Waals surface area contributed by atoms with Crippen LogP contribution in [0.2, 0.25) is 10.0 Å². The Morgan fingerprint density at radius 1 is 1.00 bits per heavy atom. The van der Waals surface area contributed by atoms with E-state index in [1.807, 2.05) is 0 Å². The molecule has 2 rings (SSSR count). The van der Waals surface area contributed by atoms with E-state index in [2.05, 4.69) is 0 Å². The van der Waals surface area contributed by atoms with Gasteiger partial charge < -0.3 is 10.2 Å². The van der Waals surface area contributed by atoms with Crippen LogP contribution < -0.4 is 0 Å². The summed E-state index contributed by atoms with van der Waals surface area (Å²) in [6.07, 6.45) is 0. The number of hydrogen-bond donors (Lipinski definition) is 2. The SMILES string of the molecule is O=C(O)c1cc(-c2cc(O)ccc2Cl)ccc1Cl. The Morgan fingerprint density at radius 3 is 2.33 bits per heavy atom. The summed E-state index contributed by atoms with van der Waals surface area (Å²) < 4.78 is 0. The van der Waals surface area contributed by atoms with Gasteiger partial charge in [0.05, 0.1) is 10.6 Å². The van der Waals surface area contributed by atoms with E-state index >= 15 is 0 Å². The van der Waals surface area contributed by atoms with Crippen molar-refractivity contribution in [2.45, 2.75) is 0 Å². The van der Waals surface area contributed by atoms with Gasteiger partial charge in [0.25, 0.3) is 0 Å². The lowest BCUT2D eigenvalue weighted by Crippen LogP contribution is -1.97. The van der Waals surface area contributed by atoms with E-state index in [0.29, 0.717) is 16.1 Å². The zero-order valence-corrected chi connectivity index (χ0v) is 10.5. The number of carboxylic acid groups (broad SMARTS) is 1. The molecule has 0 heterocycles. The van der Waals surface area contributed by atoms with Gasteiger partial charge in [0.2, 0.25) is 0 Å². The van der Waals surface area contributed by atoms with Gasteiger partial charge in [-0.25, -0.2) is 4.79 Å². The third kappa shape index (κ3) is 2.42. The van der Waals surface area contributed by atoms with E-state index < -0.39 is 5.97 Å². The number of benzene rings is 2. The Morgan fingerprint density at radius 2 is 1.67 bits per heavy atom. The maximum absolute atomic E-state index is 11.0. The first-order valence-corrected chi connectivity index (χ1v) is 5.76. The molecule has 2 N–H and O–H groups in total. The van der Waals surface area contributed by atoms with Crippen molar-refractivity contribution in [2.75, 3.05) is 0 Å². The van der Waals surface area contributed by atoms with Crippen molar-refractivity contribution in [2.24, 2.45) is 0 Å². The summed E-state index contributed by atoms with van der Waals surface area (Å²) in [7, 11) is 0. The highest BCUT2D eigenvalue weighted by molar-refractivity contribution is 6.34. The highest BCUT2D eigenvalue weighted by atomic mass is 35.5. The Bertz CT molecular complexity index is 624. The van der Waals surface area contributed by atoms with Gasteiger partial charge in [0, 0.05) is 10.6 Å². The van der Waals surface area contributed by atoms with Crippen LogP contribution in [0.4, 0.5) is 0 Å². The van der Waals surface area contributed by atoms with Crippen molar-refractivity contribution in [1.29, 1.82) is 0 Å². The summed E-state index contributed by atoms with van der Waals surface area (Å²) in [5.74, 6) is -1.06. The van der Waals surface area contributed by atoms with E-state index in [-0.39, 0.29) is 16.3 Å². The number of hydrogen-bond acceptors (Lipinski definition) is 2. The minimum atomic E-state index is -1.11. The first-order valence-electron chi connectivity index (χ1n) is 5.01. The summed E-state index contributed by atoms with van der Waals surface area (Å²) in [6, 6.07) is 9.03. The molecule has 0 atom stereocenters. The molecule has 0 saturated heterocycles. The Hall–Kier alpha value is -1.71. The zero-order chi connectivity index (χ0) is 13.3. The molecule has 0 saturated carbocycles. The monoisotopic (exact) mass is 282 g/mol.